The highest BCUT2D eigenvalue weighted by atomic mass is 79.9. The van der Waals surface area contributed by atoms with E-state index >= 15 is 0 Å². The molecular formula is C6H4BrClO2. The lowest BCUT2D eigenvalue weighted by Crippen LogP contribution is -1.71. The molecule has 0 unspecified atom stereocenters. The molecule has 1 aromatic rings. The van der Waals surface area contributed by atoms with E-state index < -0.39 is 0 Å². The van der Waals surface area contributed by atoms with Crippen molar-refractivity contribution in [3.63, 3.8) is 0 Å². The summed E-state index contributed by atoms with van der Waals surface area (Å²) < 4.78 is 0.468. The molecule has 2 N–H and O–H groups in total. The van der Waals surface area contributed by atoms with Crippen LogP contribution in [-0.4, -0.2) is 10.2 Å². The molecule has 54 valence electrons. The van der Waals surface area contributed by atoms with Gasteiger partial charge in [0.05, 0.1) is 4.47 Å². The van der Waals surface area contributed by atoms with Crippen LogP contribution in [0.3, 0.4) is 0 Å². The second-order valence-corrected chi connectivity index (χ2v) is 2.96. The molecular weight excluding hydrogens is 219 g/mol. The number of halogens is 2. The third kappa shape index (κ3) is 1.20. The Morgan fingerprint density at radius 2 is 1.90 bits per heavy atom. The fraction of sp³-hybridized carbons (Fsp3) is 0. The number of benzene rings is 1. The minimum Gasteiger partial charge on any atom is -0.506 e. The number of hydrogen-bond acceptors (Lipinski definition) is 2. The smallest absolute Gasteiger partial charge is 0.152 e. The summed E-state index contributed by atoms with van der Waals surface area (Å²) in [6.07, 6.45) is 0. The molecule has 10 heavy (non-hydrogen) atoms. The summed E-state index contributed by atoms with van der Waals surface area (Å²) in [4.78, 5) is 0. The molecule has 0 saturated heterocycles. The fourth-order valence-corrected chi connectivity index (χ4v) is 1.14. The summed E-state index contributed by atoms with van der Waals surface area (Å²) in [6.45, 7) is 0. The van der Waals surface area contributed by atoms with Gasteiger partial charge in [0.1, 0.15) is 10.8 Å². The lowest BCUT2D eigenvalue weighted by atomic mass is 10.3. The van der Waals surface area contributed by atoms with E-state index in [0.29, 0.717) is 4.47 Å². The quantitative estimate of drug-likeness (QED) is 0.709. The Kier molecular flexibility index (Phi) is 2.06. The highest BCUT2D eigenvalue weighted by molar-refractivity contribution is 9.10. The maximum absolute atomic E-state index is 9.05. The molecule has 0 aliphatic carbocycles. The molecule has 0 heterocycles. The number of hydrogen-bond donors (Lipinski definition) is 2. The zero-order valence-electron chi connectivity index (χ0n) is 4.81. The van der Waals surface area contributed by atoms with Gasteiger partial charge in [0, 0.05) is 0 Å². The van der Waals surface area contributed by atoms with Crippen molar-refractivity contribution in [2.24, 2.45) is 0 Å². The molecule has 0 aliphatic rings. The van der Waals surface area contributed by atoms with E-state index in [4.69, 9.17) is 21.8 Å². The third-order valence-corrected chi connectivity index (χ3v) is 2.06. The minimum absolute atomic E-state index is 0.0330. The van der Waals surface area contributed by atoms with Crippen LogP contribution in [0.15, 0.2) is 16.6 Å². The zero-order chi connectivity index (χ0) is 7.72. The van der Waals surface area contributed by atoms with E-state index in [9.17, 15) is 0 Å². The van der Waals surface area contributed by atoms with Crippen molar-refractivity contribution in [2.75, 3.05) is 0 Å². The van der Waals surface area contributed by atoms with Gasteiger partial charge >= 0.3 is 0 Å². The molecule has 0 radical (unpaired) electrons. The fourth-order valence-electron chi connectivity index (χ4n) is 0.530. The number of phenols is 2. The first kappa shape index (κ1) is 7.69. The minimum atomic E-state index is -0.137. The van der Waals surface area contributed by atoms with Gasteiger partial charge in [-0.15, -0.1) is 0 Å². The van der Waals surface area contributed by atoms with E-state index in [1.807, 2.05) is 0 Å². The van der Waals surface area contributed by atoms with E-state index in [1.54, 1.807) is 0 Å². The van der Waals surface area contributed by atoms with Crippen LogP contribution in [0.1, 0.15) is 0 Å². The first-order valence-electron chi connectivity index (χ1n) is 2.49. The second-order valence-electron chi connectivity index (χ2n) is 1.73. The Hall–Kier alpha value is -0.410. The van der Waals surface area contributed by atoms with Gasteiger partial charge in [-0.25, -0.2) is 0 Å². The maximum atomic E-state index is 9.05. The first-order valence-corrected chi connectivity index (χ1v) is 3.66. The van der Waals surface area contributed by atoms with E-state index in [-0.39, 0.29) is 16.5 Å². The summed E-state index contributed by atoms with van der Waals surface area (Å²) in [5, 5.41) is 17.9. The van der Waals surface area contributed by atoms with Gasteiger partial charge in [-0.05, 0) is 28.1 Å². The topological polar surface area (TPSA) is 40.5 Å². The van der Waals surface area contributed by atoms with Crippen LogP contribution in [-0.2, 0) is 0 Å². The average molecular weight is 223 g/mol. The third-order valence-electron chi connectivity index (χ3n) is 1.05. The average Bonchev–Trinajstić information content (AvgIpc) is 1.93. The van der Waals surface area contributed by atoms with Crippen molar-refractivity contribution in [3.05, 3.63) is 21.6 Å². The van der Waals surface area contributed by atoms with Gasteiger partial charge in [0.15, 0.2) is 5.75 Å². The second kappa shape index (κ2) is 2.68. The maximum Gasteiger partial charge on any atom is 0.152 e. The Labute approximate surface area is 71.2 Å². The van der Waals surface area contributed by atoms with Crippen molar-refractivity contribution in [1.29, 1.82) is 0 Å². The highest BCUT2D eigenvalue weighted by Gasteiger charge is 2.06. The Balaban J connectivity index is 3.34. The predicted molar refractivity (Wildman–Crippen MR) is 42.5 cm³/mol. The van der Waals surface area contributed by atoms with Crippen LogP contribution in [0, 0.1) is 0 Å². The lowest BCUT2D eigenvalue weighted by molar-refractivity contribution is 0.449. The predicted octanol–water partition coefficient (Wildman–Crippen LogP) is 2.51. The molecule has 1 rings (SSSR count). The van der Waals surface area contributed by atoms with Crippen molar-refractivity contribution >= 4 is 27.5 Å². The highest BCUT2D eigenvalue weighted by Crippen LogP contribution is 2.37. The largest absolute Gasteiger partial charge is 0.506 e. The van der Waals surface area contributed by atoms with E-state index in [0.717, 1.165) is 0 Å². The van der Waals surface area contributed by atoms with Crippen LogP contribution in [0.25, 0.3) is 0 Å². The summed E-state index contributed by atoms with van der Waals surface area (Å²) in [5.74, 6) is -0.260. The SMILES string of the molecule is Oc1ccc(Br)c(O)c1Cl. The van der Waals surface area contributed by atoms with Gasteiger partial charge in [-0.2, -0.15) is 0 Å². The Morgan fingerprint density at radius 3 is 2.40 bits per heavy atom. The van der Waals surface area contributed by atoms with Crippen molar-refractivity contribution in [2.45, 2.75) is 0 Å². The van der Waals surface area contributed by atoms with Gasteiger partial charge in [-0.1, -0.05) is 11.6 Å². The number of rotatable bonds is 0. The summed E-state index contributed by atoms with van der Waals surface area (Å²) in [7, 11) is 0. The molecule has 0 saturated carbocycles. The van der Waals surface area contributed by atoms with Crippen molar-refractivity contribution in [1.82, 2.24) is 0 Å². The standard InChI is InChI=1S/C6H4BrClO2/c7-3-1-2-4(9)5(8)6(3)10/h1-2,9-10H. The molecule has 0 atom stereocenters. The molecule has 0 aliphatic heterocycles. The van der Waals surface area contributed by atoms with Crippen LogP contribution in [0.4, 0.5) is 0 Å². The first-order chi connectivity index (χ1) is 4.63. The summed E-state index contributed by atoms with van der Waals surface area (Å²) in [5.41, 5.74) is 0. The van der Waals surface area contributed by atoms with Crippen LogP contribution < -0.4 is 0 Å². The molecule has 4 heteroatoms. The molecule has 0 fully saturated rings. The number of aromatic hydroxyl groups is 2. The molecule has 1 aromatic carbocycles. The van der Waals surface area contributed by atoms with E-state index in [2.05, 4.69) is 15.9 Å². The molecule has 0 bridgehead atoms. The summed E-state index contributed by atoms with van der Waals surface area (Å²) in [6, 6.07) is 2.91. The Morgan fingerprint density at radius 1 is 1.30 bits per heavy atom. The zero-order valence-corrected chi connectivity index (χ0v) is 7.15. The molecule has 2 nitrogen and oxygen atoms in total. The van der Waals surface area contributed by atoms with Crippen LogP contribution in [0.5, 0.6) is 11.5 Å². The normalized spacial score (nSPS) is 9.80. The number of phenolic OH excluding ortho intramolecular Hbond substituents is 2. The van der Waals surface area contributed by atoms with Gasteiger partial charge in [0.2, 0.25) is 0 Å². The van der Waals surface area contributed by atoms with Gasteiger partial charge < -0.3 is 10.2 Å². The van der Waals surface area contributed by atoms with Crippen molar-refractivity contribution in [3.8, 4) is 11.5 Å². The summed E-state index contributed by atoms with van der Waals surface area (Å²) >= 11 is 8.49. The van der Waals surface area contributed by atoms with Crippen LogP contribution in [0.2, 0.25) is 5.02 Å². The molecule has 0 aromatic heterocycles. The van der Waals surface area contributed by atoms with Crippen LogP contribution >= 0.6 is 27.5 Å². The monoisotopic (exact) mass is 222 g/mol. The van der Waals surface area contributed by atoms with Crippen molar-refractivity contribution < 1.29 is 10.2 Å². The van der Waals surface area contributed by atoms with Gasteiger partial charge in [-0.3, -0.25) is 0 Å². The lowest BCUT2D eigenvalue weighted by Gasteiger charge is -2.00. The van der Waals surface area contributed by atoms with Gasteiger partial charge in [0.25, 0.3) is 0 Å². The van der Waals surface area contributed by atoms with E-state index in [1.165, 1.54) is 12.1 Å². The molecule has 0 amide bonds. The molecule has 0 spiro atoms. The Bertz CT molecular complexity index is 235.